The van der Waals surface area contributed by atoms with Crippen LogP contribution in [0.1, 0.15) is 25.0 Å². The van der Waals surface area contributed by atoms with Gasteiger partial charge in [0.15, 0.2) is 0 Å². The van der Waals surface area contributed by atoms with Gasteiger partial charge in [-0.05, 0) is 17.7 Å². The fourth-order valence-corrected chi connectivity index (χ4v) is 2.55. The van der Waals surface area contributed by atoms with Gasteiger partial charge in [-0.15, -0.1) is 0 Å². The lowest BCUT2D eigenvalue weighted by Gasteiger charge is -2.35. The van der Waals surface area contributed by atoms with Gasteiger partial charge in [0.05, 0.1) is 5.56 Å². The summed E-state index contributed by atoms with van der Waals surface area (Å²) in [6.07, 6.45) is -4.29. The molecule has 6 heteroatoms. The van der Waals surface area contributed by atoms with E-state index in [0.717, 1.165) is 30.8 Å². The molecule has 0 N–H and O–H groups in total. The minimum absolute atomic E-state index is 0.00135. The number of piperazine rings is 1. The lowest BCUT2D eigenvalue weighted by atomic mass is 10.1. The van der Waals surface area contributed by atoms with Crippen molar-refractivity contribution in [3.63, 3.8) is 0 Å². The van der Waals surface area contributed by atoms with Gasteiger partial charge in [0.1, 0.15) is 0 Å². The second-order valence-electron chi connectivity index (χ2n) is 5.95. The van der Waals surface area contributed by atoms with Gasteiger partial charge < -0.3 is 4.90 Å². The quantitative estimate of drug-likeness (QED) is 0.856. The van der Waals surface area contributed by atoms with Crippen molar-refractivity contribution in [2.75, 3.05) is 26.2 Å². The van der Waals surface area contributed by atoms with E-state index in [9.17, 15) is 18.0 Å². The van der Waals surface area contributed by atoms with Gasteiger partial charge in [0.2, 0.25) is 5.91 Å². The molecule has 0 aromatic heterocycles. The third kappa shape index (κ3) is 4.22. The zero-order chi connectivity index (χ0) is 16.3. The van der Waals surface area contributed by atoms with Crippen LogP contribution in [0.5, 0.6) is 0 Å². The van der Waals surface area contributed by atoms with E-state index in [1.807, 2.05) is 18.7 Å². The first-order valence-electron chi connectivity index (χ1n) is 7.44. The number of carbonyl (C=O) groups is 1. The zero-order valence-corrected chi connectivity index (χ0v) is 12.9. The van der Waals surface area contributed by atoms with Gasteiger partial charge in [-0.2, -0.15) is 13.2 Å². The molecule has 22 heavy (non-hydrogen) atoms. The highest BCUT2D eigenvalue weighted by Crippen LogP contribution is 2.29. The van der Waals surface area contributed by atoms with Gasteiger partial charge >= 0.3 is 6.18 Å². The molecule has 1 aromatic carbocycles. The van der Waals surface area contributed by atoms with Crippen molar-refractivity contribution >= 4 is 5.91 Å². The molecule has 1 aliphatic rings. The van der Waals surface area contributed by atoms with Crippen LogP contribution in [0.4, 0.5) is 13.2 Å². The molecule has 1 aromatic rings. The topological polar surface area (TPSA) is 23.6 Å². The van der Waals surface area contributed by atoms with Crippen LogP contribution in [0.15, 0.2) is 24.3 Å². The Morgan fingerprint density at radius 1 is 1.09 bits per heavy atom. The molecule has 0 unspecified atom stereocenters. The molecule has 0 aliphatic carbocycles. The Kier molecular flexibility index (Phi) is 5.11. The molecule has 122 valence electrons. The van der Waals surface area contributed by atoms with Crippen LogP contribution >= 0.6 is 0 Å². The van der Waals surface area contributed by atoms with Gasteiger partial charge in [0, 0.05) is 38.6 Å². The molecule has 1 saturated heterocycles. The molecule has 1 heterocycles. The van der Waals surface area contributed by atoms with E-state index in [4.69, 9.17) is 0 Å². The molecule has 0 spiro atoms. The Morgan fingerprint density at radius 2 is 1.64 bits per heavy atom. The number of hydrogen-bond acceptors (Lipinski definition) is 2. The van der Waals surface area contributed by atoms with Crippen molar-refractivity contribution < 1.29 is 18.0 Å². The number of alkyl halides is 3. The van der Waals surface area contributed by atoms with Crippen molar-refractivity contribution in [1.82, 2.24) is 9.80 Å². The number of rotatable bonds is 3. The van der Waals surface area contributed by atoms with Crippen molar-refractivity contribution in [1.29, 1.82) is 0 Å². The highest BCUT2D eigenvalue weighted by molar-refractivity contribution is 5.78. The molecule has 0 saturated carbocycles. The number of benzene rings is 1. The average molecular weight is 314 g/mol. The summed E-state index contributed by atoms with van der Waals surface area (Å²) in [5.74, 6) is 0.163. The fraction of sp³-hybridized carbons (Fsp3) is 0.562. The minimum Gasteiger partial charge on any atom is -0.340 e. The van der Waals surface area contributed by atoms with E-state index in [2.05, 4.69) is 4.90 Å². The molecular formula is C16H21F3N2O. The summed E-state index contributed by atoms with van der Waals surface area (Å²) >= 11 is 0. The molecular weight excluding hydrogens is 293 g/mol. The Labute approximate surface area is 128 Å². The van der Waals surface area contributed by atoms with E-state index in [1.165, 1.54) is 12.1 Å². The lowest BCUT2D eigenvalue weighted by molar-refractivity contribution is -0.137. The predicted octanol–water partition coefficient (Wildman–Crippen LogP) is 3.01. The molecule has 1 amide bonds. The standard InChI is InChI=1S/C16H21F3N2O/c1-12(2)15(22)21-9-7-20(8-10-21)11-13-3-5-14(6-4-13)16(17,18)19/h3-6,12H,7-11H2,1-2H3. The zero-order valence-electron chi connectivity index (χ0n) is 12.9. The Bertz CT molecular complexity index is 503. The summed E-state index contributed by atoms with van der Waals surface area (Å²) in [5, 5.41) is 0. The van der Waals surface area contributed by atoms with Crippen molar-refractivity contribution in [2.45, 2.75) is 26.6 Å². The molecule has 0 atom stereocenters. The van der Waals surface area contributed by atoms with E-state index >= 15 is 0 Å². The molecule has 1 fully saturated rings. The Balaban J connectivity index is 1.87. The molecule has 3 nitrogen and oxygen atoms in total. The maximum absolute atomic E-state index is 12.5. The average Bonchev–Trinajstić information content (AvgIpc) is 2.47. The maximum atomic E-state index is 12.5. The van der Waals surface area contributed by atoms with Crippen LogP contribution in [-0.2, 0) is 17.5 Å². The molecule has 0 radical (unpaired) electrons. The summed E-state index contributed by atoms with van der Waals surface area (Å²) in [4.78, 5) is 15.9. The predicted molar refractivity (Wildman–Crippen MR) is 78.1 cm³/mol. The lowest BCUT2D eigenvalue weighted by Crippen LogP contribution is -2.49. The second-order valence-corrected chi connectivity index (χ2v) is 5.95. The highest BCUT2D eigenvalue weighted by Gasteiger charge is 2.30. The fourth-order valence-electron chi connectivity index (χ4n) is 2.55. The smallest absolute Gasteiger partial charge is 0.340 e. The number of hydrogen-bond donors (Lipinski definition) is 0. The van der Waals surface area contributed by atoms with Crippen LogP contribution in [0, 0.1) is 5.92 Å². The van der Waals surface area contributed by atoms with Gasteiger partial charge in [-0.1, -0.05) is 26.0 Å². The number of amides is 1. The van der Waals surface area contributed by atoms with Crippen LogP contribution in [0.2, 0.25) is 0 Å². The summed E-state index contributed by atoms with van der Waals surface area (Å²) in [6, 6.07) is 5.28. The molecule has 2 rings (SSSR count). The SMILES string of the molecule is CC(C)C(=O)N1CCN(Cc2ccc(C(F)(F)F)cc2)CC1. The van der Waals surface area contributed by atoms with Gasteiger partial charge in [-0.25, -0.2) is 0 Å². The van der Waals surface area contributed by atoms with E-state index < -0.39 is 11.7 Å². The van der Waals surface area contributed by atoms with Gasteiger partial charge in [0.25, 0.3) is 0 Å². The second kappa shape index (κ2) is 6.69. The van der Waals surface area contributed by atoms with E-state index in [0.29, 0.717) is 19.6 Å². The van der Waals surface area contributed by atoms with E-state index in [-0.39, 0.29) is 11.8 Å². The number of halogens is 3. The van der Waals surface area contributed by atoms with Crippen LogP contribution in [0.3, 0.4) is 0 Å². The normalized spacial score (nSPS) is 17.1. The van der Waals surface area contributed by atoms with Gasteiger partial charge in [-0.3, -0.25) is 9.69 Å². The summed E-state index contributed by atoms with van der Waals surface area (Å²) in [6.45, 7) is 7.24. The van der Waals surface area contributed by atoms with Crippen molar-refractivity contribution in [3.05, 3.63) is 35.4 Å². The largest absolute Gasteiger partial charge is 0.416 e. The third-order valence-electron chi connectivity index (χ3n) is 3.87. The maximum Gasteiger partial charge on any atom is 0.416 e. The van der Waals surface area contributed by atoms with Crippen molar-refractivity contribution in [3.8, 4) is 0 Å². The first-order valence-corrected chi connectivity index (χ1v) is 7.44. The highest BCUT2D eigenvalue weighted by atomic mass is 19.4. The number of nitrogens with zero attached hydrogens (tertiary/aromatic N) is 2. The molecule has 1 aliphatic heterocycles. The monoisotopic (exact) mass is 314 g/mol. The Hall–Kier alpha value is -1.56. The summed E-state index contributed by atoms with van der Waals surface area (Å²) in [5.41, 5.74) is 0.236. The first kappa shape index (κ1) is 16.8. The van der Waals surface area contributed by atoms with Crippen LogP contribution < -0.4 is 0 Å². The van der Waals surface area contributed by atoms with E-state index in [1.54, 1.807) is 0 Å². The first-order chi connectivity index (χ1) is 10.3. The minimum atomic E-state index is -4.29. The molecule has 0 bridgehead atoms. The number of carbonyl (C=O) groups excluding carboxylic acids is 1. The van der Waals surface area contributed by atoms with Crippen LogP contribution in [0.25, 0.3) is 0 Å². The van der Waals surface area contributed by atoms with Crippen molar-refractivity contribution in [2.24, 2.45) is 5.92 Å². The third-order valence-corrected chi connectivity index (χ3v) is 3.87. The Morgan fingerprint density at radius 3 is 2.09 bits per heavy atom. The summed E-state index contributed by atoms with van der Waals surface area (Å²) < 4.78 is 37.5. The summed E-state index contributed by atoms with van der Waals surface area (Å²) in [7, 11) is 0. The van der Waals surface area contributed by atoms with Crippen LogP contribution in [-0.4, -0.2) is 41.9 Å².